The Labute approximate surface area is 67.2 Å². The highest BCUT2D eigenvalue weighted by atomic mass is 35.5. The topological polar surface area (TPSA) is 41.5 Å². The lowest BCUT2D eigenvalue weighted by molar-refractivity contribution is 0.0959. The Morgan fingerprint density at radius 2 is 2.40 bits per heavy atom. The van der Waals surface area contributed by atoms with E-state index in [4.69, 9.17) is 9.84 Å². The number of ether oxygens (including phenoxy) is 1. The van der Waals surface area contributed by atoms with Crippen LogP contribution in [0, 0.1) is 5.92 Å². The fraction of sp³-hybridized carbons (Fsp3) is 1.00. The summed E-state index contributed by atoms with van der Waals surface area (Å²) in [5.41, 5.74) is 0. The van der Waals surface area contributed by atoms with E-state index in [1.807, 2.05) is 0 Å². The van der Waals surface area contributed by atoms with E-state index in [0.717, 1.165) is 19.7 Å². The smallest absolute Gasteiger partial charge is 0.0591 e. The highest BCUT2D eigenvalue weighted by Crippen LogP contribution is 1.96. The van der Waals surface area contributed by atoms with Gasteiger partial charge in [-0.05, 0) is 0 Å². The molecule has 0 spiro atoms. The van der Waals surface area contributed by atoms with E-state index in [9.17, 15) is 0 Å². The van der Waals surface area contributed by atoms with Crippen LogP contribution in [-0.2, 0) is 4.74 Å². The summed E-state index contributed by atoms with van der Waals surface area (Å²) in [6.45, 7) is 3.50. The highest BCUT2D eigenvalue weighted by molar-refractivity contribution is 5.85. The van der Waals surface area contributed by atoms with Crippen LogP contribution in [0.25, 0.3) is 0 Å². The monoisotopic (exact) mass is 167 g/mol. The molecule has 2 N–H and O–H groups in total. The van der Waals surface area contributed by atoms with Crippen molar-refractivity contribution in [1.82, 2.24) is 5.32 Å². The zero-order valence-corrected chi connectivity index (χ0v) is 6.69. The van der Waals surface area contributed by atoms with E-state index in [-0.39, 0.29) is 19.0 Å². The molecule has 0 aromatic carbocycles. The molecule has 1 aliphatic rings. The molecule has 0 aromatic heterocycles. The molecule has 0 aromatic rings. The zero-order valence-electron chi connectivity index (χ0n) is 5.88. The van der Waals surface area contributed by atoms with Crippen LogP contribution in [0.15, 0.2) is 0 Å². The Morgan fingerprint density at radius 3 is 3.10 bits per heavy atom. The predicted molar refractivity (Wildman–Crippen MR) is 41.5 cm³/mol. The molecule has 10 heavy (non-hydrogen) atoms. The van der Waals surface area contributed by atoms with Gasteiger partial charge in [0.1, 0.15) is 0 Å². The number of halogens is 1. The van der Waals surface area contributed by atoms with E-state index in [2.05, 4.69) is 5.32 Å². The van der Waals surface area contributed by atoms with Crippen molar-refractivity contribution < 1.29 is 9.84 Å². The molecule has 0 bridgehead atoms. The van der Waals surface area contributed by atoms with Gasteiger partial charge in [-0.25, -0.2) is 0 Å². The second kappa shape index (κ2) is 5.92. The summed E-state index contributed by atoms with van der Waals surface area (Å²) >= 11 is 0. The van der Waals surface area contributed by atoms with Crippen LogP contribution in [0.4, 0.5) is 0 Å². The molecule has 0 saturated carbocycles. The predicted octanol–water partition coefficient (Wildman–Crippen LogP) is -0.364. The fourth-order valence-corrected chi connectivity index (χ4v) is 0.877. The van der Waals surface area contributed by atoms with Gasteiger partial charge >= 0.3 is 0 Å². The van der Waals surface area contributed by atoms with Crippen molar-refractivity contribution in [2.24, 2.45) is 5.92 Å². The van der Waals surface area contributed by atoms with Crippen LogP contribution in [-0.4, -0.2) is 38.0 Å². The molecule has 1 rings (SSSR count). The van der Waals surface area contributed by atoms with Crippen LogP contribution in [0.1, 0.15) is 0 Å². The van der Waals surface area contributed by atoms with E-state index < -0.39 is 0 Å². The van der Waals surface area contributed by atoms with Crippen LogP contribution in [0.5, 0.6) is 0 Å². The molecular weight excluding hydrogens is 154 g/mol. The first-order valence-corrected chi connectivity index (χ1v) is 3.33. The van der Waals surface area contributed by atoms with Crippen molar-refractivity contribution in [3.8, 4) is 0 Å². The maximum absolute atomic E-state index is 8.70. The summed E-state index contributed by atoms with van der Waals surface area (Å²) in [7, 11) is 0. The van der Waals surface area contributed by atoms with Gasteiger partial charge in [0.25, 0.3) is 0 Å². The maximum Gasteiger partial charge on any atom is 0.0591 e. The van der Waals surface area contributed by atoms with Gasteiger partial charge in [-0.2, -0.15) is 0 Å². The molecule has 4 heteroatoms. The second-order valence-corrected chi connectivity index (χ2v) is 2.33. The van der Waals surface area contributed by atoms with Crippen molar-refractivity contribution in [1.29, 1.82) is 0 Å². The minimum Gasteiger partial charge on any atom is -0.396 e. The Bertz CT molecular complexity index is 74.1. The van der Waals surface area contributed by atoms with Gasteiger partial charge in [-0.3, -0.25) is 0 Å². The molecular formula is C6H14ClNO2. The Morgan fingerprint density at radius 1 is 1.60 bits per heavy atom. The van der Waals surface area contributed by atoms with Gasteiger partial charge in [-0.1, -0.05) is 0 Å². The zero-order chi connectivity index (χ0) is 6.53. The SMILES string of the molecule is Cl.OCC1CNCCOC1. The minimum atomic E-state index is 0. The molecule has 62 valence electrons. The largest absolute Gasteiger partial charge is 0.396 e. The summed E-state index contributed by atoms with van der Waals surface area (Å²) in [4.78, 5) is 0. The van der Waals surface area contributed by atoms with Crippen LogP contribution in [0.3, 0.4) is 0 Å². The first-order chi connectivity index (χ1) is 4.43. The first kappa shape index (κ1) is 10.2. The van der Waals surface area contributed by atoms with Crippen molar-refractivity contribution in [3.05, 3.63) is 0 Å². The van der Waals surface area contributed by atoms with Gasteiger partial charge in [0.05, 0.1) is 13.2 Å². The Kier molecular flexibility index (Phi) is 6.02. The van der Waals surface area contributed by atoms with Crippen LogP contribution in [0.2, 0.25) is 0 Å². The second-order valence-electron chi connectivity index (χ2n) is 2.33. The van der Waals surface area contributed by atoms with E-state index in [1.165, 1.54) is 0 Å². The lowest BCUT2D eigenvalue weighted by Gasteiger charge is -2.07. The first-order valence-electron chi connectivity index (χ1n) is 3.33. The normalized spacial score (nSPS) is 26.7. The number of aliphatic hydroxyl groups excluding tert-OH is 1. The third kappa shape index (κ3) is 3.37. The fourth-order valence-electron chi connectivity index (χ4n) is 0.877. The molecule has 1 fully saturated rings. The van der Waals surface area contributed by atoms with Crippen LogP contribution >= 0.6 is 12.4 Å². The van der Waals surface area contributed by atoms with Gasteiger partial charge in [0, 0.05) is 25.6 Å². The molecule has 3 nitrogen and oxygen atoms in total. The lowest BCUT2D eigenvalue weighted by atomic mass is 10.2. The summed E-state index contributed by atoms with van der Waals surface area (Å²) in [6.07, 6.45) is 0. The standard InChI is InChI=1S/C6H13NO2.ClH/c8-4-6-3-7-1-2-9-5-6;/h6-8H,1-5H2;1H. The van der Waals surface area contributed by atoms with Gasteiger partial charge in [0.15, 0.2) is 0 Å². The molecule has 1 saturated heterocycles. The molecule has 1 unspecified atom stereocenters. The van der Waals surface area contributed by atoms with Gasteiger partial charge in [-0.15, -0.1) is 12.4 Å². The van der Waals surface area contributed by atoms with Crippen molar-refractivity contribution in [2.45, 2.75) is 0 Å². The van der Waals surface area contributed by atoms with Crippen molar-refractivity contribution in [2.75, 3.05) is 32.9 Å². The molecule has 0 amide bonds. The summed E-state index contributed by atoms with van der Waals surface area (Å²) in [5.74, 6) is 0.299. The minimum absolute atomic E-state index is 0. The highest BCUT2D eigenvalue weighted by Gasteiger charge is 2.09. The number of hydrogen-bond acceptors (Lipinski definition) is 3. The van der Waals surface area contributed by atoms with Gasteiger partial charge < -0.3 is 15.2 Å². The number of nitrogens with one attached hydrogen (secondary N) is 1. The molecule has 1 aliphatic heterocycles. The van der Waals surface area contributed by atoms with E-state index in [0.29, 0.717) is 12.5 Å². The third-order valence-corrected chi connectivity index (χ3v) is 1.47. The summed E-state index contributed by atoms with van der Waals surface area (Å²) < 4.78 is 5.18. The number of hydrogen-bond donors (Lipinski definition) is 2. The van der Waals surface area contributed by atoms with Crippen molar-refractivity contribution in [3.63, 3.8) is 0 Å². The Balaban J connectivity index is 0.000000810. The molecule has 0 radical (unpaired) electrons. The van der Waals surface area contributed by atoms with E-state index >= 15 is 0 Å². The quantitative estimate of drug-likeness (QED) is 0.561. The Hall–Kier alpha value is 0.170. The summed E-state index contributed by atoms with van der Waals surface area (Å²) in [6, 6.07) is 0. The maximum atomic E-state index is 8.70. The van der Waals surface area contributed by atoms with Gasteiger partial charge in [0.2, 0.25) is 0 Å². The van der Waals surface area contributed by atoms with E-state index in [1.54, 1.807) is 0 Å². The third-order valence-electron chi connectivity index (χ3n) is 1.47. The number of rotatable bonds is 1. The van der Waals surface area contributed by atoms with Crippen molar-refractivity contribution >= 4 is 12.4 Å². The van der Waals surface area contributed by atoms with Crippen LogP contribution < -0.4 is 5.32 Å². The lowest BCUT2D eigenvalue weighted by Crippen LogP contribution is -2.24. The average Bonchev–Trinajstić information content (AvgIpc) is 2.13. The summed E-state index contributed by atoms with van der Waals surface area (Å²) in [5, 5.41) is 11.9. The molecule has 0 aliphatic carbocycles. The average molecular weight is 168 g/mol. The molecule has 1 atom stereocenters. The molecule has 1 heterocycles. The number of aliphatic hydroxyl groups is 1.